The highest BCUT2D eigenvalue weighted by Crippen LogP contribution is 2.21. The van der Waals surface area contributed by atoms with E-state index in [0.29, 0.717) is 6.42 Å². The van der Waals surface area contributed by atoms with E-state index in [1.807, 2.05) is 13.0 Å². The molecule has 0 saturated carbocycles. The number of nitrogens with one attached hydrogen (secondary N) is 1. The molecule has 3 N–H and O–H groups in total. The lowest BCUT2D eigenvalue weighted by molar-refractivity contribution is -0.121. The van der Waals surface area contributed by atoms with E-state index in [1.165, 1.54) is 18.1 Å². The Hall–Kier alpha value is -1.14. The molecule has 0 saturated heterocycles. The van der Waals surface area contributed by atoms with Crippen molar-refractivity contribution in [2.24, 2.45) is 5.84 Å². The maximum absolute atomic E-state index is 10.9. The number of nitrogens with two attached hydrogens (primary N) is 1. The number of hydrogen-bond donors (Lipinski definition) is 2. The zero-order chi connectivity index (χ0) is 10.4. The van der Waals surface area contributed by atoms with Gasteiger partial charge in [-0.25, -0.2) is 15.8 Å². The predicted molar refractivity (Wildman–Crippen MR) is 54.3 cm³/mol. The highest BCUT2D eigenvalue weighted by molar-refractivity contribution is 7.99. The maximum Gasteiger partial charge on any atom is 0.234 e. The second-order valence-corrected chi connectivity index (χ2v) is 4.21. The number of thioether (sulfide) groups is 1. The summed E-state index contributed by atoms with van der Waals surface area (Å²) >= 11 is 1.52. The van der Waals surface area contributed by atoms with Crippen LogP contribution in [0, 0.1) is 0 Å². The van der Waals surface area contributed by atoms with Crippen LogP contribution in [0.4, 0.5) is 0 Å². The number of aromatic nitrogens is 2. The molecule has 14 heavy (non-hydrogen) atoms. The summed E-state index contributed by atoms with van der Waals surface area (Å²) in [6.45, 7) is 1.95. The minimum Gasteiger partial charge on any atom is -0.294 e. The zero-order valence-corrected chi connectivity index (χ0v) is 8.62. The van der Waals surface area contributed by atoms with Gasteiger partial charge in [0.05, 0.1) is 5.03 Å². The summed E-state index contributed by atoms with van der Waals surface area (Å²) in [5, 5.41) is 1.01. The third-order valence-electron chi connectivity index (χ3n) is 1.51. The Morgan fingerprint density at radius 2 is 2.57 bits per heavy atom. The molecule has 1 aromatic heterocycles. The third-order valence-corrected chi connectivity index (χ3v) is 2.56. The molecule has 0 bridgehead atoms. The fraction of sp³-hybridized carbons (Fsp3) is 0.375. The summed E-state index contributed by atoms with van der Waals surface area (Å²) in [4.78, 5) is 18.8. The average Bonchev–Trinajstić information content (AvgIpc) is 2.19. The Balaban J connectivity index is 2.41. The number of nitrogens with zero attached hydrogens (tertiary/aromatic N) is 2. The molecular formula is C8H12N4OS. The van der Waals surface area contributed by atoms with Crippen molar-refractivity contribution in [2.75, 3.05) is 0 Å². The van der Waals surface area contributed by atoms with Gasteiger partial charge in [-0.1, -0.05) is 6.92 Å². The first-order valence-electron chi connectivity index (χ1n) is 4.14. The van der Waals surface area contributed by atoms with E-state index in [2.05, 4.69) is 15.4 Å². The molecule has 1 rings (SSSR count). The maximum atomic E-state index is 10.9. The lowest BCUT2D eigenvalue weighted by Gasteiger charge is -2.08. The van der Waals surface area contributed by atoms with E-state index in [-0.39, 0.29) is 11.2 Å². The normalized spacial score (nSPS) is 12.1. The molecule has 1 atom stereocenters. The number of carbonyl (C=O) groups is 1. The van der Waals surface area contributed by atoms with Gasteiger partial charge in [-0.05, 0) is 6.07 Å². The van der Waals surface area contributed by atoms with Crippen LogP contribution in [0.1, 0.15) is 13.3 Å². The van der Waals surface area contributed by atoms with Crippen LogP contribution in [0.3, 0.4) is 0 Å². The molecule has 0 spiro atoms. The minimum absolute atomic E-state index is 0.147. The van der Waals surface area contributed by atoms with Crippen molar-refractivity contribution in [3.63, 3.8) is 0 Å². The third kappa shape index (κ3) is 3.71. The SMILES string of the molecule is CC(CC(=O)NN)Sc1ccncn1. The van der Waals surface area contributed by atoms with Crippen LogP contribution in [0.25, 0.3) is 0 Å². The molecule has 76 valence electrons. The van der Waals surface area contributed by atoms with Crippen molar-refractivity contribution >= 4 is 17.7 Å². The van der Waals surface area contributed by atoms with E-state index in [1.54, 1.807) is 6.20 Å². The molecular weight excluding hydrogens is 200 g/mol. The first kappa shape index (κ1) is 10.9. The summed E-state index contributed by atoms with van der Waals surface area (Å²) in [6.07, 6.45) is 3.54. The van der Waals surface area contributed by atoms with Crippen LogP contribution in [0.2, 0.25) is 0 Å². The predicted octanol–water partition coefficient (Wildman–Crippen LogP) is 0.337. The fourth-order valence-corrected chi connectivity index (χ4v) is 1.81. The first-order chi connectivity index (χ1) is 6.72. The molecule has 1 aromatic rings. The number of carbonyl (C=O) groups excluding carboxylic acids is 1. The first-order valence-corrected chi connectivity index (χ1v) is 5.02. The topological polar surface area (TPSA) is 80.9 Å². The highest BCUT2D eigenvalue weighted by Gasteiger charge is 2.09. The van der Waals surface area contributed by atoms with Crippen LogP contribution in [-0.2, 0) is 4.79 Å². The Kier molecular flexibility index (Phi) is 4.34. The molecule has 0 aliphatic carbocycles. The lowest BCUT2D eigenvalue weighted by Crippen LogP contribution is -2.31. The second kappa shape index (κ2) is 5.56. The highest BCUT2D eigenvalue weighted by atomic mass is 32.2. The van der Waals surface area contributed by atoms with E-state index >= 15 is 0 Å². The van der Waals surface area contributed by atoms with Gasteiger partial charge in [-0.2, -0.15) is 0 Å². The van der Waals surface area contributed by atoms with Gasteiger partial charge in [0, 0.05) is 17.9 Å². The molecule has 0 aliphatic rings. The van der Waals surface area contributed by atoms with E-state index < -0.39 is 0 Å². The average molecular weight is 212 g/mol. The van der Waals surface area contributed by atoms with E-state index in [4.69, 9.17) is 5.84 Å². The molecule has 1 amide bonds. The number of hydrogen-bond acceptors (Lipinski definition) is 5. The number of amides is 1. The van der Waals surface area contributed by atoms with Gasteiger partial charge in [-0.15, -0.1) is 11.8 Å². The minimum atomic E-state index is -0.168. The molecule has 1 unspecified atom stereocenters. The van der Waals surface area contributed by atoms with Crippen molar-refractivity contribution in [1.82, 2.24) is 15.4 Å². The Morgan fingerprint density at radius 1 is 1.79 bits per heavy atom. The fourth-order valence-electron chi connectivity index (χ4n) is 0.916. The summed E-state index contributed by atoms with van der Waals surface area (Å²) in [7, 11) is 0. The van der Waals surface area contributed by atoms with Gasteiger partial charge in [-0.3, -0.25) is 10.2 Å². The van der Waals surface area contributed by atoms with E-state index in [9.17, 15) is 4.79 Å². The molecule has 5 nitrogen and oxygen atoms in total. The molecule has 1 heterocycles. The monoisotopic (exact) mass is 212 g/mol. The van der Waals surface area contributed by atoms with Gasteiger partial charge >= 0.3 is 0 Å². The Labute approximate surface area is 86.5 Å². The largest absolute Gasteiger partial charge is 0.294 e. The van der Waals surface area contributed by atoms with Gasteiger partial charge in [0.25, 0.3) is 0 Å². The van der Waals surface area contributed by atoms with Crippen LogP contribution < -0.4 is 11.3 Å². The van der Waals surface area contributed by atoms with Crippen molar-refractivity contribution in [3.8, 4) is 0 Å². The van der Waals surface area contributed by atoms with Crippen LogP contribution in [0.5, 0.6) is 0 Å². The van der Waals surface area contributed by atoms with Gasteiger partial charge < -0.3 is 0 Å². The van der Waals surface area contributed by atoms with Crippen molar-refractivity contribution in [2.45, 2.75) is 23.6 Å². The summed E-state index contributed by atoms with van der Waals surface area (Å²) < 4.78 is 0. The van der Waals surface area contributed by atoms with E-state index in [0.717, 1.165) is 5.03 Å². The van der Waals surface area contributed by atoms with Crippen molar-refractivity contribution in [1.29, 1.82) is 0 Å². The Bertz CT molecular complexity index is 293. The van der Waals surface area contributed by atoms with Gasteiger partial charge in [0.1, 0.15) is 6.33 Å². The molecule has 0 fully saturated rings. The van der Waals surface area contributed by atoms with Crippen LogP contribution in [-0.4, -0.2) is 21.1 Å². The second-order valence-electron chi connectivity index (χ2n) is 2.75. The smallest absolute Gasteiger partial charge is 0.234 e. The van der Waals surface area contributed by atoms with Crippen LogP contribution >= 0.6 is 11.8 Å². The summed E-state index contributed by atoms with van der Waals surface area (Å²) in [6, 6.07) is 1.81. The summed E-state index contributed by atoms with van der Waals surface area (Å²) in [5.41, 5.74) is 2.10. The Morgan fingerprint density at radius 3 is 3.14 bits per heavy atom. The van der Waals surface area contributed by atoms with Gasteiger partial charge in [0.15, 0.2) is 0 Å². The molecule has 0 radical (unpaired) electrons. The van der Waals surface area contributed by atoms with Crippen molar-refractivity contribution in [3.05, 3.63) is 18.6 Å². The number of hydrazine groups is 1. The molecule has 6 heteroatoms. The zero-order valence-electron chi connectivity index (χ0n) is 7.80. The lowest BCUT2D eigenvalue weighted by atomic mass is 10.3. The quantitative estimate of drug-likeness (QED) is 0.247. The van der Waals surface area contributed by atoms with Crippen LogP contribution in [0.15, 0.2) is 23.6 Å². The summed E-state index contributed by atoms with van der Waals surface area (Å²) in [5.74, 6) is 4.81. The molecule has 0 aliphatic heterocycles. The number of rotatable bonds is 4. The standard InChI is InChI=1S/C8H12N4OS/c1-6(4-7(13)12-9)14-8-2-3-10-5-11-8/h2-3,5-6H,4,9H2,1H3,(H,12,13). The van der Waals surface area contributed by atoms with Crippen molar-refractivity contribution < 1.29 is 4.79 Å². The van der Waals surface area contributed by atoms with Gasteiger partial charge in [0.2, 0.25) is 5.91 Å². The molecule has 0 aromatic carbocycles.